The average Bonchev–Trinajstić information content (AvgIpc) is 2.85. The Kier molecular flexibility index (Phi) is 4.34. The van der Waals surface area contributed by atoms with Crippen molar-refractivity contribution < 1.29 is 4.74 Å². The van der Waals surface area contributed by atoms with Gasteiger partial charge in [-0.25, -0.2) is 0 Å². The van der Waals surface area contributed by atoms with Gasteiger partial charge in [-0.3, -0.25) is 16.3 Å². The van der Waals surface area contributed by atoms with Crippen molar-refractivity contribution >= 4 is 0 Å². The third-order valence-corrected chi connectivity index (χ3v) is 3.46. The molecule has 0 saturated heterocycles. The summed E-state index contributed by atoms with van der Waals surface area (Å²) < 4.78 is 5.47. The molecule has 1 aromatic heterocycles. The number of aromatic nitrogens is 1. The van der Waals surface area contributed by atoms with Crippen LogP contribution in [0.5, 0.6) is 5.75 Å². The molecule has 4 heteroatoms. The van der Waals surface area contributed by atoms with E-state index in [4.69, 9.17) is 10.6 Å². The highest BCUT2D eigenvalue weighted by Crippen LogP contribution is 2.35. The van der Waals surface area contributed by atoms with Gasteiger partial charge in [-0.2, -0.15) is 0 Å². The van der Waals surface area contributed by atoms with Crippen LogP contribution in [-0.4, -0.2) is 11.6 Å². The van der Waals surface area contributed by atoms with Crippen LogP contribution >= 0.6 is 0 Å². The summed E-state index contributed by atoms with van der Waals surface area (Å²) in [5.41, 5.74) is 4.06. The predicted octanol–water partition coefficient (Wildman–Crippen LogP) is 2.17. The number of hydrogen-bond acceptors (Lipinski definition) is 4. The fourth-order valence-electron chi connectivity index (χ4n) is 2.65. The zero-order valence-electron chi connectivity index (χ0n) is 10.4. The summed E-state index contributed by atoms with van der Waals surface area (Å²) in [6, 6.07) is 2.24. The Labute approximate surface area is 103 Å². The first-order valence-corrected chi connectivity index (χ1v) is 6.39. The highest BCUT2D eigenvalue weighted by atomic mass is 16.5. The van der Waals surface area contributed by atoms with E-state index in [1.807, 2.05) is 19.2 Å². The zero-order chi connectivity index (χ0) is 12.1. The first-order chi connectivity index (χ1) is 8.35. The molecule has 3 N–H and O–H groups in total. The van der Waals surface area contributed by atoms with Gasteiger partial charge < -0.3 is 4.74 Å². The third-order valence-electron chi connectivity index (χ3n) is 3.46. The molecule has 1 atom stereocenters. The lowest BCUT2D eigenvalue weighted by atomic mass is 9.93. The standard InChI is InChI=1S/C13H21N3O/c1-2-17-12-7-11(8-15-9-12)13(16-14)10-5-3-4-6-10/h7-10,13,16H,2-6,14H2,1H3. The molecule has 0 spiro atoms. The summed E-state index contributed by atoms with van der Waals surface area (Å²) in [6.07, 6.45) is 8.73. The summed E-state index contributed by atoms with van der Waals surface area (Å²) in [6.45, 7) is 2.64. The Morgan fingerprint density at radius 3 is 2.88 bits per heavy atom. The summed E-state index contributed by atoms with van der Waals surface area (Å²) in [5, 5.41) is 0. The smallest absolute Gasteiger partial charge is 0.137 e. The Balaban J connectivity index is 2.14. The van der Waals surface area contributed by atoms with Crippen LogP contribution in [0.4, 0.5) is 0 Å². The van der Waals surface area contributed by atoms with E-state index in [1.54, 1.807) is 6.20 Å². The van der Waals surface area contributed by atoms with E-state index in [2.05, 4.69) is 10.4 Å². The molecule has 17 heavy (non-hydrogen) atoms. The minimum atomic E-state index is 0.199. The first kappa shape index (κ1) is 12.3. The number of rotatable bonds is 5. The number of nitrogens with two attached hydrogens (primary N) is 1. The molecule has 0 aliphatic heterocycles. The van der Waals surface area contributed by atoms with Gasteiger partial charge in [-0.05, 0) is 37.3 Å². The van der Waals surface area contributed by atoms with E-state index in [9.17, 15) is 0 Å². The number of nitrogens with one attached hydrogen (secondary N) is 1. The van der Waals surface area contributed by atoms with Gasteiger partial charge in [0.25, 0.3) is 0 Å². The molecule has 0 radical (unpaired) electrons. The van der Waals surface area contributed by atoms with Crippen LogP contribution in [0.2, 0.25) is 0 Å². The number of nitrogens with zero attached hydrogens (tertiary/aromatic N) is 1. The summed E-state index contributed by atoms with van der Waals surface area (Å²) in [5.74, 6) is 7.14. The van der Waals surface area contributed by atoms with Gasteiger partial charge in [0, 0.05) is 6.20 Å². The average molecular weight is 235 g/mol. The second-order valence-electron chi connectivity index (χ2n) is 4.58. The minimum Gasteiger partial charge on any atom is -0.492 e. The quantitative estimate of drug-likeness (QED) is 0.606. The fraction of sp³-hybridized carbons (Fsp3) is 0.615. The summed E-state index contributed by atoms with van der Waals surface area (Å²) in [7, 11) is 0. The molecule has 1 heterocycles. The van der Waals surface area contributed by atoms with Crippen LogP contribution in [0.3, 0.4) is 0 Å². The van der Waals surface area contributed by atoms with Crippen molar-refractivity contribution in [2.75, 3.05) is 6.61 Å². The highest BCUT2D eigenvalue weighted by molar-refractivity contribution is 5.26. The number of hydrogen-bond donors (Lipinski definition) is 2. The first-order valence-electron chi connectivity index (χ1n) is 6.39. The van der Waals surface area contributed by atoms with E-state index in [-0.39, 0.29) is 6.04 Å². The van der Waals surface area contributed by atoms with Crippen LogP contribution in [0.15, 0.2) is 18.5 Å². The predicted molar refractivity (Wildman–Crippen MR) is 67.4 cm³/mol. The van der Waals surface area contributed by atoms with Crippen molar-refractivity contribution in [2.45, 2.75) is 38.6 Å². The molecule has 4 nitrogen and oxygen atoms in total. The number of hydrazine groups is 1. The molecule has 1 saturated carbocycles. The van der Waals surface area contributed by atoms with Gasteiger partial charge in [-0.15, -0.1) is 0 Å². The molecular formula is C13H21N3O. The number of pyridine rings is 1. The second-order valence-corrected chi connectivity index (χ2v) is 4.58. The van der Waals surface area contributed by atoms with Crippen LogP contribution in [-0.2, 0) is 0 Å². The van der Waals surface area contributed by atoms with Crippen molar-refractivity contribution in [3.8, 4) is 5.75 Å². The molecule has 1 aromatic rings. The summed E-state index contributed by atoms with van der Waals surface area (Å²) in [4.78, 5) is 4.22. The van der Waals surface area contributed by atoms with E-state index < -0.39 is 0 Å². The van der Waals surface area contributed by atoms with Crippen molar-refractivity contribution in [2.24, 2.45) is 11.8 Å². The monoisotopic (exact) mass is 235 g/mol. The van der Waals surface area contributed by atoms with Gasteiger partial charge in [-0.1, -0.05) is 12.8 Å². The van der Waals surface area contributed by atoms with E-state index in [0.29, 0.717) is 12.5 Å². The van der Waals surface area contributed by atoms with Gasteiger partial charge >= 0.3 is 0 Å². The van der Waals surface area contributed by atoms with Gasteiger partial charge in [0.05, 0.1) is 18.8 Å². The lowest BCUT2D eigenvalue weighted by Crippen LogP contribution is -2.32. The molecule has 1 aliphatic rings. The largest absolute Gasteiger partial charge is 0.492 e. The van der Waals surface area contributed by atoms with Crippen molar-refractivity contribution in [1.29, 1.82) is 0 Å². The minimum absolute atomic E-state index is 0.199. The molecule has 1 aliphatic carbocycles. The molecule has 1 fully saturated rings. The van der Waals surface area contributed by atoms with E-state index in [1.165, 1.54) is 25.7 Å². The Bertz CT molecular complexity index is 350. The van der Waals surface area contributed by atoms with Gasteiger partial charge in [0.15, 0.2) is 0 Å². The van der Waals surface area contributed by atoms with Gasteiger partial charge in [0.1, 0.15) is 5.75 Å². The zero-order valence-corrected chi connectivity index (χ0v) is 10.4. The van der Waals surface area contributed by atoms with Crippen LogP contribution in [0.25, 0.3) is 0 Å². The van der Waals surface area contributed by atoms with E-state index >= 15 is 0 Å². The second kappa shape index (κ2) is 5.98. The summed E-state index contributed by atoms with van der Waals surface area (Å²) >= 11 is 0. The van der Waals surface area contributed by atoms with Crippen LogP contribution in [0.1, 0.15) is 44.2 Å². The molecule has 94 valence electrons. The maximum atomic E-state index is 5.69. The normalized spacial score (nSPS) is 18.2. The molecule has 0 bridgehead atoms. The van der Waals surface area contributed by atoms with Crippen LogP contribution < -0.4 is 16.0 Å². The maximum Gasteiger partial charge on any atom is 0.137 e. The Hall–Kier alpha value is -1.13. The van der Waals surface area contributed by atoms with Crippen LogP contribution in [0, 0.1) is 5.92 Å². The third kappa shape index (κ3) is 2.96. The highest BCUT2D eigenvalue weighted by Gasteiger charge is 2.25. The van der Waals surface area contributed by atoms with E-state index in [0.717, 1.165) is 11.3 Å². The van der Waals surface area contributed by atoms with Gasteiger partial charge in [0.2, 0.25) is 0 Å². The Morgan fingerprint density at radius 1 is 1.47 bits per heavy atom. The molecule has 2 rings (SSSR count). The molecular weight excluding hydrogens is 214 g/mol. The van der Waals surface area contributed by atoms with Crippen molar-refractivity contribution in [1.82, 2.24) is 10.4 Å². The molecule has 1 unspecified atom stereocenters. The fourth-order valence-corrected chi connectivity index (χ4v) is 2.65. The van der Waals surface area contributed by atoms with Crippen molar-refractivity contribution in [3.05, 3.63) is 24.0 Å². The van der Waals surface area contributed by atoms with Crippen molar-refractivity contribution in [3.63, 3.8) is 0 Å². The molecule has 0 aromatic carbocycles. The topological polar surface area (TPSA) is 60.2 Å². The maximum absolute atomic E-state index is 5.69. The lowest BCUT2D eigenvalue weighted by molar-refractivity contribution is 0.334. The molecule has 0 amide bonds. The SMILES string of the molecule is CCOc1cncc(C(NN)C2CCCC2)c1. The lowest BCUT2D eigenvalue weighted by Gasteiger charge is -2.23. The Morgan fingerprint density at radius 2 is 2.24 bits per heavy atom. The number of ether oxygens (including phenoxy) is 1.